The van der Waals surface area contributed by atoms with Crippen LogP contribution in [-0.2, 0) is 19.6 Å². The number of amides is 1. The second-order valence-electron chi connectivity index (χ2n) is 6.37. The zero-order valence-corrected chi connectivity index (χ0v) is 16.3. The predicted octanol–water partition coefficient (Wildman–Crippen LogP) is 1.42. The van der Waals surface area contributed by atoms with E-state index in [9.17, 15) is 18.0 Å². The SMILES string of the molecule is CCCCCOCC(=O)N1CCN(S(=O)(=O)c2ccc(C(=O)O)cc2)CC1. The van der Waals surface area contributed by atoms with Crippen molar-refractivity contribution in [3.05, 3.63) is 29.8 Å². The Hall–Kier alpha value is -1.97. The van der Waals surface area contributed by atoms with Gasteiger partial charge in [-0.1, -0.05) is 19.8 Å². The minimum atomic E-state index is -3.71. The number of piperazine rings is 1. The van der Waals surface area contributed by atoms with Crippen molar-refractivity contribution in [1.82, 2.24) is 9.21 Å². The van der Waals surface area contributed by atoms with E-state index in [1.165, 1.54) is 28.6 Å². The Kier molecular flexibility index (Phi) is 7.76. The Labute approximate surface area is 159 Å². The smallest absolute Gasteiger partial charge is 0.335 e. The summed E-state index contributed by atoms with van der Waals surface area (Å²) in [5.74, 6) is -1.24. The molecule has 1 saturated heterocycles. The number of ether oxygens (including phenoxy) is 1. The van der Waals surface area contributed by atoms with Gasteiger partial charge in [-0.25, -0.2) is 13.2 Å². The number of carbonyl (C=O) groups excluding carboxylic acids is 1. The first kappa shape index (κ1) is 21.3. The number of nitrogens with zero attached hydrogens (tertiary/aromatic N) is 2. The van der Waals surface area contributed by atoms with Crippen LogP contribution in [-0.4, -0.2) is 74.0 Å². The highest BCUT2D eigenvalue weighted by atomic mass is 32.2. The molecule has 1 aromatic carbocycles. The van der Waals surface area contributed by atoms with E-state index in [0.717, 1.165) is 19.3 Å². The Balaban J connectivity index is 1.86. The number of benzene rings is 1. The number of hydrogen-bond donors (Lipinski definition) is 1. The molecule has 0 aromatic heterocycles. The summed E-state index contributed by atoms with van der Waals surface area (Å²) in [5.41, 5.74) is 0.0308. The van der Waals surface area contributed by atoms with E-state index < -0.39 is 16.0 Å². The molecule has 2 rings (SSSR count). The summed E-state index contributed by atoms with van der Waals surface area (Å²) < 4.78 is 32.0. The molecule has 8 nitrogen and oxygen atoms in total. The molecule has 150 valence electrons. The average molecular weight is 398 g/mol. The lowest BCUT2D eigenvalue weighted by Crippen LogP contribution is -2.51. The normalized spacial score (nSPS) is 15.7. The van der Waals surface area contributed by atoms with E-state index in [1.54, 1.807) is 4.90 Å². The first-order chi connectivity index (χ1) is 12.9. The fourth-order valence-electron chi connectivity index (χ4n) is 2.80. The van der Waals surface area contributed by atoms with Crippen LogP contribution in [0.3, 0.4) is 0 Å². The van der Waals surface area contributed by atoms with E-state index in [-0.39, 0.29) is 36.1 Å². The fraction of sp³-hybridized carbons (Fsp3) is 0.556. The van der Waals surface area contributed by atoms with Gasteiger partial charge in [0.1, 0.15) is 6.61 Å². The first-order valence-electron chi connectivity index (χ1n) is 9.05. The van der Waals surface area contributed by atoms with Gasteiger partial charge in [-0.05, 0) is 30.7 Å². The van der Waals surface area contributed by atoms with Gasteiger partial charge in [0.15, 0.2) is 0 Å². The summed E-state index contributed by atoms with van der Waals surface area (Å²) in [5, 5.41) is 8.90. The Morgan fingerprint density at radius 3 is 2.26 bits per heavy atom. The monoisotopic (exact) mass is 398 g/mol. The van der Waals surface area contributed by atoms with Gasteiger partial charge in [0.2, 0.25) is 15.9 Å². The van der Waals surface area contributed by atoms with E-state index in [1.807, 2.05) is 0 Å². The highest BCUT2D eigenvalue weighted by Gasteiger charge is 2.30. The quantitative estimate of drug-likeness (QED) is 0.631. The Bertz CT molecular complexity index is 740. The van der Waals surface area contributed by atoms with Crippen molar-refractivity contribution in [2.45, 2.75) is 31.1 Å². The summed E-state index contributed by atoms with van der Waals surface area (Å²) in [6.45, 7) is 3.69. The zero-order chi connectivity index (χ0) is 19.9. The van der Waals surface area contributed by atoms with Crippen LogP contribution in [0.4, 0.5) is 0 Å². The molecule has 1 fully saturated rings. The third-order valence-corrected chi connectivity index (χ3v) is 6.36. The maximum Gasteiger partial charge on any atom is 0.335 e. The van der Waals surface area contributed by atoms with Crippen LogP contribution in [0.2, 0.25) is 0 Å². The van der Waals surface area contributed by atoms with Crippen LogP contribution in [0, 0.1) is 0 Å². The van der Waals surface area contributed by atoms with Crippen molar-refractivity contribution in [2.24, 2.45) is 0 Å². The second kappa shape index (κ2) is 9.82. The number of unbranched alkanes of at least 4 members (excludes halogenated alkanes) is 2. The molecule has 27 heavy (non-hydrogen) atoms. The second-order valence-corrected chi connectivity index (χ2v) is 8.31. The van der Waals surface area contributed by atoms with Gasteiger partial charge >= 0.3 is 5.97 Å². The molecule has 0 spiro atoms. The maximum atomic E-state index is 12.7. The number of carboxylic acids is 1. The van der Waals surface area contributed by atoms with Crippen LogP contribution < -0.4 is 0 Å². The average Bonchev–Trinajstić information content (AvgIpc) is 2.67. The molecule has 9 heteroatoms. The number of sulfonamides is 1. The van der Waals surface area contributed by atoms with Crippen LogP contribution in [0.15, 0.2) is 29.2 Å². The van der Waals surface area contributed by atoms with E-state index in [4.69, 9.17) is 9.84 Å². The lowest BCUT2D eigenvalue weighted by molar-refractivity contribution is -0.137. The molecule has 0 saturated carbocycles. The molecule has 1 aliphatic rings. The van der Waals surface area contributed by atoms with Crippen molar-refractivity contribution in [3.8, 4) is 0 Å². The minimum Gasteiger partial charge on any atom is -0.478 e. The topological polar surface area (TPSA) is 104 Å². The van der Waals surface area contributed by atoms with Crippen molar-refractivity contribution in [1.29, 1.82) is 0 Å². The molecular formula is C18H26N2O6S. The largest absolute Gasteiger partial charge is 0.478 e. The van der Waals surface area contributed by atoms with Crippen molar-refractivity contribution < 1.29 is 27.9 Å². The Morgan fingerprint density at radius 2 is 1.70 bits per heavy atom. The summed E-state index contributed by atoms with van der Waals surface area (Å²) in [6, 6.07) is 5.12. The molecule has 0 atom stereocenters. The fourth-order valence-corrected chi connectivity index (χ4v) is 4.22. The lowest BCUT2D eigenvalue weighted by Gasteiger charge is -2.34. The molecule has 1 amide bonds. The maximum absolute atomic E-state index is 12.7. The number of carboxylic acid groups (broad SMARTS) is 1. The molecule has 1 aliphatic heterocycles. The van der Waals surface area contributed by atoms with E-state index >= 15 is 0 Å². The summed E-state index contributed by atoms with van der Waals surface area (Å²) in [6.07, 6.45) is 3.08. The molecular weight excluding hydrogens is 372 g/mol. The van der Waals surface area contributed by atoms with Crippen LogP contribution in [0.5, 0.6) is 0 Å². The number of rotatable bonds is 9. The molecule has 0 unspecified atom stereocenters. The third kappa shape index (κ3) is 5.75. The van der Waals surface area contributed by atoms with Crippen molar-refractivity contribution >= 4 is 21.9 Å². The lowest BCUT2D eigenvalue weighted by atomic mass is 10.2. The van der Waals surface area contributed by atoms with Gasteiger partial charge in [0.05, 0.1) is 10.5 Å². The highest BCUT2D eigenvalue weighted by Crippen LogP contribution is 2.18. The number of carbonyl (C=O) groups is 2. The number of hydrogen-bond acceptors (Lipinski definition) is 5. The van der Waals surface area contributed by atoms with Gasteiger partial charge in [0, 0.05) is 32.8 Å². The van der Waals surface area contributed by atoms with E-state index in [0.29, 0.717) is 19.7 Å². The van der Waals surface area contributed by atoms with E-state index in [2.05, 4.69) is 6.92 Å². The van der Waals surface area contributed by atoms with Gasteiger partial charge in [0.25, 0.3) is 0 Å². The summed E-state index contributed by atoms with van der Waals surface area (Å²) in [4.78, 5) is 24.7. The molecule has 0 bridgehead atoms. The standard InChI is InChI=1S/C18H26N2O6S/c1-2-3-4-13-26-14-17(21)19-9-11-20(12-10-19)27(24,25)16-7-5-15(6-8-16)18(22)23/h5-8H,2-4,9-14H2,1H3,(H,22,23). The van der Waals surface area contributed by atoms with Crippen LogP contribution >= 0.6 is 0 Å². The minimum absolute atomic E-state index is 0.0209. The number of aromatic carboxylic acids is 1. The zero-order valence-electron chi connectivity index (χ0n) is 15.5. The third-order valence-electron chi connectivity index (χ3n) is 4.45. The van der Waals surface area contributed by atoms with Gasteiger partial charge in [-0.15, -0.1) is 0 Å². The Morgan fingerprint density at radius 1 is 1.07 bits per heavy atom. The van der Waals surface area contributed by atoms with Crippen molar-refractivity contribution in [2.75, 3.05) is 39.4 Å². The van der Waals surface area contributed by atoms with Gasteiger partial charge in [-0.3, -0.25) is 4.79 Å². The summed E-state index contributed by atoms with van der Waals surface area (Å²) in [7, 11) is -3.71. The first-order valence-corrected chi connectivity index (χ1v) is 10.5. The summed E-state index contributed by atoms with van der Waals surface area (Å²) >= 11 is 0. The van der Waals surface area contributed by atoms with Gasteiger partial charge in [-0.2, -0.15) is 4.31 Å². The predicted molar refractivity (Wildman–Crippen MR) is 99.1 cm³/mol. The molecule has 1 N–H and O–H groups in total. The molecule has 1 heterocycles. The van der Waals surface area contributed by atoms with Gasteiger partial charge < -0.3 is 14.7 Å². The molecule has 1 aromatic rings. The molecule has 0 aliphatic carbocycles. The highest BCUT2D eigenvalue weighted by molar-refractivity contribution is 7.89. The van der Waals surface area contributed by atoms with Crippen LogP contribution in [0.1, 0.15) is 36.5 Å². The van der Waals surface area contributed by atoms with Crippen LogP contribution in [0.25, 0.3) is 0 Å². The molecule has 0 radical (unpaired) electrons. The van der Waals surface area contributed by atoms with Crippen molar-refractivity contribution in [3.63, 3.8) is 0 Å².